The van der Waals surface area contributed by atoms with Gasteiger partial charge in [-0.3, -0.25) is 9.36 Å². The summed E-state index contributed by atoms with van der Waals surface area (Å²) >= 11 is 3.41. The fourth-order valence-corrected chi connectivity index (χ4v) is 4.70. The van der Waals surface area contributed by atoms with Crippen LogP contribution in [0, 0.1) is 29.6 Å². The van der Waals surface area contributed by atoms with Crippen molar-refractivity contribution in [2.45, 2.75) is 51.7 Å². The Kier molecular flexibility index (Phi) is 7.51. The average Bonchev–Trinajstić information content (AvgIpc) is 3.69. The van der Waals surface area contributed by atoms with E-state index < -0.39 is 34.9 Å². The van der Waals surface area contributed by atoms with Crippen molar-refractivity contribution in [1.29, 1.82) is 0 Å². The fourth-order valence-electron chi connectivity index (χ4n) is 4.35. The average molecular weight is 610 g/mol. The smallest absolute Gasteiger partial charge is 0.408 e. The lowest BCUT2D eigenvalue weighted by molar-refractivity contribution is 0.0500. The van der Waals surface area contributed by atoms with E-state index in [-0.39, 0.29) is 29.4 Å². The summed E-state index contributed by atoms with van der Waals surface area (Å²) in [6.07, 6.45) is 7.22. The zero-order chi connectivity index (χ0) is 28.6. The number of amides is 1. The van der Waals surface area contributed by atoms with E-state index >= 15 is 0 Å². The Morgan fingerprint density at radius 3 is 2.60 bits per heavy atom. The maximum absolute atomic E-state index is 14.1. The lowest BCUT2D eigenvalue weighted by Crippen LogP contribution is -2.39. The standard InChI is InChI=1S/C30H26BrF2N3O4/c1-30(2,3)40-29(38)35-25(14-17-12-20(32)16-21(33)13-17)27-34-24-15-19(31)6-8-23(24)28(37)36(27)22-7-9-26(18-4-5-18)39-11-10-22/h6-9,12-13,15-16,18,25H,4-5,14H2,1-3H3,(H,35,38). The van der Waals surface area contributed by atoms with E-state index in [2.05, 4.69) is 33.3 Å². The molecule has 1 unspecified atom stereocenters. The highest BCUT2D eigenvalue weighted by Crippen LogP contribution is 2.37. The fraction of sp³-hybridized carbons (Fsp3) is 0.300. The number of ether oxygens (including phenoxy) is 2. The summed E-state index contributed by atoms with van der Waals surface area (Å²) in [6.45, 7) is 5.13. The topological polar surface area (TPSA) is 82.5 Å². The summed E-state index contributed by atoms with van der Waals surface area (Å²) in [6, 6.07) is 7.09. The Balaban J connectivity index is 1.70. The Hall–Kier alpha value is -3.97. The second-order valence-corrected chi connectivity index (χ2v) is 11.6. The minimum atomic E-state index is -1.04. The van der Waals surface area contributed by atoms with Crippen LogP contribution in [-0.2, 0) is 15.9 Å². The van der Waals surface area contributed by atoms with Crippen LogP contribution >= 0.6 is 15.9 Å². The molecule has 1 fully saturated rings. The highest BCUT2D eigenvalue weighted by molar-refractivity contribution is 9.10. The van der Waals surface area contributed by atoms with Gasteiger partial charge in [-0.05, 0) is 87.6 Å². The van der Waals surface area contributed by atoms with E-state index in [0.29, 0.717) is 21.1 Å². The molecule has 0 saturated heterocycles. The first-order chi connectivity index (χ1) is 19.0. The molecule has 206 valence electrons. The van der Waals surface area contributed by atoms with Crippen LogP contribution in [0.3, 0.4) is 0 Å². The second kappa shape index (κ2) is 10.9. The first-order valence-corrected chi connectivity index (χ1v) is 13.5. The van der Waals surface area contributed by atoms with Crippen molar-refractivity contribution in [1.82, 2.24) is 14.9 Å². The van der Waals surface area contributed by atoms with Gasteiger partial charge in [0.1, 0.15) is 40.6 Å². The Morgan fingerprint density at radius 1 is 1.20 bits per heavy atom. The SMILES string of the molecule is CC(C)(C)OC(=O)NC(Cc1cc(F)cc(F)c1)c1nc2cc(Br)ccc2c(=O)n1C1=CC=C(C2CC2)OC#C1. The number of alkyl carbamates (subject to hydrolysis) is 1. The normalized spacial score (nSPS) is 15.7. The Morgan fingerprint density at radius 2 is 1.93 bits per heavy atom. The molecule has 1 aliphatic carbocycles. The summed E-state index contributed by atoms with van der Waals surface area (Å²) < 4.78 is 41.3. The monoisotopic (exact) mass is 609 g/mol. The van der Waals surface area contributed by atoms with Gasteiger partial charge in [0.2, 0.25) is 0 Å². The van der Waals surface area contributed by atoms with Gasteiger partial charge in [-0.25, -0.2) is 18.6 Å². The molecule has 1 amide bonds. The molecule has 1 aromatic heterocycles. The number of aromatic nitrogens is 2. The van der Waals surface area contributed by atoms with Crippen molar-refractivity contribution in [2.24, 2.45) is 5.92 Å². The minimum absolute atomic E-state index is 0.0970. The van der Waals surface area contributed by atoms with Crippen LogP contribution in [-0.4, -0.2) is 21.2 Å². The van der Waals surface area contributed by atoms with Crippen molar-refractivity contribution < 1.29 is 23.0 Å². The zero-order valence-corrected chi connectivity index (χ0v) is 23.6. The summed E-state index contributed by atoms with van der Waals surface area (Å²) in [7, 11) is 0. The number of halogens is 3. The van der Waals surface area contributed by atoms with Crippen molar-refractivity contribution in [3.05, 3.63) is 92.2 Å². The molecule has 0 radical (unpaired) electrons. The maximum atomic E-state index is 14.1. The number of hydrogen-bond donors (Lipinski definition) is 1. The largest absolute Gasteiger partial charge is 0.444 e. The van der Waals surface area contributed by atoms with Gasteiger partial charge in [0.05, 0.1) is 16.9 Å². The van der Waals surface area contributed by atoms with E-state index in [1.807, 2.05) is 0 Å². The molecule has 2 aliphatic rings. The van der Waals surface area contributed by atoms with Crippen molar-refractivity contribution in [3.63, 3.8) is 0 Å². The van der Waals surface area contributed by atoms with Gasteiger partial charge < -0.3 is 14.8 Å². The maximum Gasteiger partial charge on any atom is 0.408 e. The molecule has 3 aromatic rings. The number of rotatable bonds is 6. The van der Waals surface area contributed by atoms with Crippen molar-refractivity contribution >= 4 is 38.6 Å². The van der Waals surface area contributed by atoms with E-state index in [1.54, 1.807) is 51.1 Å². The lowest BCUT2D eigenvalue weighted by atomic mass is 10.0. The molecular weight excluding hydrogens is 584 g/mol. The van der Waals surface area contributed by atoms with Crippen molar-refractivity contribution in [3.8, 4) is 12.0 Å². The third-order valence-electron chi connectivity index (χ3n) is 6.20. The number of hydrogen-bond acceptors (Lipinski definition) is 5. The summed E-state index contributed by atoms with van der Waals surface area (Å²) in [4.78, 5) is 31.7. The van der Waals surface area contributed by atoms with Gasteiger partial charge in [0.25, 0.3) is 5.56 Å². The first kappa shape index (κ1) is 27.6. The molecule has 1 N–H and O–H groups in total. The van der Waals surface area contributed by atoms with Gasteiger partial charge in [-0.2, -0.15) is 0 Å². The van der Waals surface area contributed by atoms with Gasteiger partial charge in [-0.1, -0.05) is 15.9 Å². The third kappa shape index (κ3) is 6.42. The zero-order valence-electron chi connectivity index (χ0n) is 22.1. The van der Waals surface area contributed by atoms with Gasteiger partial charge in [0, 0.05) is 22.9 Å². The van der Waals surface area contributed by atoms with Crippen LogP contribution in [0.5, 0.6) is 0 Å². The number of carbonyl (C=O) groups is 1. The molecule has 2 aromatic carbocycles. The molecule has 1 atom stereocenters. The molecule has 5 rings (SSSR count). The lowest BCUT2D eigenvalue weighted by Gasteiger charge is -2.25. The molecule has 10 heteroatoms. The third-order valence-corrected chi connectivity index (χ3v) is 6.69. The second-order valence-electron chi connectivity index (χ2n) is 10.7. The van der Waals surface area contributed by atoms with E-state index in [9.17, 15) is 18.4 Å². The highest BCUT2D eigenvalue weighted by Gasteiger charge is 2.29. The summed E-state index contributed by atoms with van der Waals surface area (Å²) in [5.41, 5.74) is -0.377. The van der Waals surface area contributed by atoms with E-state index in [0.717, 1.165) is 31.0 Å². The van der Waals surface area contributed by atoms with Crippen LogP contribution in [0.15, 0.2) is 63.6 Å². The molecule has 40 heavy (non-hydrogen) atoms. The number of nitrogens with one attached hydrogen (secondary N) is 1. The molecule has 2 heterocycles. The van der Waals surface area contributed by atoms with Crippen LogP contribution in [0.1, 0.15) is 51.0 Å². The van der Waals surface area contributed by atoms with Crippen LogP contribution in [0.2, 0.25) is 0 Å². The quantitative estimate of drug-likeness (QED) is 0.328. The van der Waals surface area contributed by atoms with Gasteiger partial charge >= 0.3 is 6.09 Å². The van der Waals surface area contributed by atoms with Crippen LogP contribution in [0.25, 0.3) is 16.6 Å². The summed E-state index contributed by atoms with van der Waals surface area (Å²) in [5, 5.41) is 3.07. The minimum Gasteiger partial charge on any atom is -0.444 e. The molecule has 1 saturated carbocycles. The Bertz CT molecular complexity index is 1670. The molecule has 0 bridgehead atoms. The van der Waals surface area contributed by atoms with Gasteiger partial charge in [0.15, 0.2) is 0 Å². The van der Waals surface area contributed by atoms with Crippen molar-refractivity contribution in [2.75, 3.05) is 0 Å². The van der Waals surface area contributed by atoms with E-state index in [1.165, 1.54) is 4.57 Å². The molecule has 1 aliphatic heterocycles. The summed E-state index contributed by atoms with van der Waals surface area (Å²) in [5.74, 6) is 2.45. The predicted octanol–water partition coefficient (Wildman–Crippen LogP) is 6.37. The number of fused-ring (bicyclic) bond motifs is 1. The molecule has 7 nitrogen and oxygen atoms in total. The highest BCUT2D eigenvalue weighted by atomic mass is 79.9. The molecular formula is C30H26BrF2N3O4. The number of allylic oxidation sites excluding steroid dienone is 4. The number of carbonyl (C=O) groups excluding carboxylic acids is 1. The Labute approximate surface area is 238 Å². The van der Waals surface area contributed by atoms with Gasteiger partial charge in [-0.15, -0.1) is 0 Å². The number of benzene rings is 2. The van der Waals surface area contributed by atoms with Crippen LogP contribution < -0.4 is 10.9 Å². The molecule has 0 spiro atoms. The van der Waals surface area contributed by atoms with Crippen LogP contribution in [0.4, 0.5) is 13.6 Å². The van der Waals surface area contributed by atoms with E-state index in [4.69, 9.17) is 14.5 Å². The first-order valence-electron chi connectivity index (χ1n) is 12.7. The number of nitrogens with zero attached hydrogens (tertiary/aromatic N) is 2. The predicted molar refractivity (Wildman–Crippen MR) is 150 cm³/mol.